The van der Waals surface area contributed by atoms with E-state index in [1.165, 1.54) is 0 Å². The van der Waals surface area contributed by atoms with E-state index in [9.17, 15) is 4.79 Å². The summed E-state index contributed by atoms with van der Waals surface area (Å²) < 4.78 is 5.42. The second-order valence-electron chi connectivity index (χ2n) is 5.69. The predicted octanol–water partition coefficient (Wildman–Crippen LogP) is 3.59. The summed E-state index contributed by atoms with van der Waals surface area (Å²) in [6.45, 7) is 6.19. The standard InChI is InChI=1S/C12H21N3O2/c1-11(2,3)17-10(16)12(7-8-12)6-4-5-9-14-15-13/h4-9H2,1-3H3. The molecule has 0 spiro atoms. The summed E-state index contributed by atoms with van der Waals surface area (Å²) in [6.07, 6.45) is 4.47. The fourth-order valence-electron chi connectivity index (χ4n) is 1.78. The van der Waals surface area contributed by atoms with Gasteiger partial charge < -0.3 is 4.74 Å². The van der Waals surface area contributed by atoms with E-state index in [0.717, 1.165) is 32.1 Å². The van der Waals surface area contributed by atoms with Gasteiger partial charge >= 0.3 is 5.97 Å². The lowest BCUT2D eigenvalue weighted by Crippen LogP contribution is -2.29. The Morgan fingerprint density at radius 2 is 2.06 bits per heavy atom. The van der Waals surface area contributed by atoms with Crippen molar-refractivity contribution in [2.45, 2.75) is 58.5 Å². The van der Waals surface area contributed by atoms with E-state index in [1.54, 1.807) is 0 Å². The highest BCUT2D eigenvalue weighted by atomic mass is 16.6. The predicted molar refractivity (Wildman–Crippen MR) is 65.4 cm³/mol. The van der Waals surface area contributed by atoms with Crippen molar-refractivity contribution < 1.29 is 9.53 Å². The highest BCUT2D eigenvalue weighted by Crippen LogP contribution is 2.51. The normalized spacial score (nSPS) is 17.1. The van der Waals surface area contributed by atoms with Gasteiger partial charge in [-0.05, 0) is 52.0 Å². The van der Waals surface area contributed by atoms with Crippen molar-refractivity contribution >= 4 is 5.97 Å². The summed E-state index contributed by atoms with van der Waals surface area (Å²) >= 11 is 0. The fraction of sp³-hybridized carbons (Fsp3) is 0.917. The second-order valence-corrected chi connectivity index (χ2v) is 5.69. The molecule has 0 atom stereocenters. The quantitative estimate of drug-likeness (QED) is 0.233. The summed E-state index contributed by atoms with van der Waals surface area (Å²) in [5.74, 6) is -0.0613. The molecular formula is C12H21N3O2. The third kappa shape index (κ3) is 4.65. The highest BCUT2D eigenvalue weighted by Gasteiger charge is 2.51. The van der Waals surface area contributed by atoms with Crippen molar-refractivity contribution in [1.82, 2.24) is 0 Å². The summed E-state index contributed by atoms with van der Waals surface area (Å²) in [5.41, 5.74) is 7.50. The molecule has 0 saturated heterocycles. The molecule has 0 radical (unpaired) electrons. The molecule has 0 amide bonds. The lowest BCUT2D eigenvalue weighted by molar-refractivity contribution is -0.162. The van der Waals surface area contributed by atoms with Gasteiger partial charge in [-0.25, -0.2) is 0 Å². The lowest BCUT2D eigenvalue weighted by Gasteiger charge is -2.23. The second kappa shape index (κ2) is 5.41. The van der Waals surface area contributed by atoms with Crippen molar-refractivity contribution in [1.29, 1.82) is 0 Å². The molecule has 0 aliphatic heterocycles. The average molecular weight is 239 g/mol. The van der Waals surface area contributed by atoms with Gasteiger partial charge in [-0.2, -0.15) is 0 Å². The largest absolute Gasteiger partial charge is 0.460 e. The van der Waals surface area contributed by atoms with Crippen LogP contribution in [0.25, 0.3) is 10.4 Å². The number of carbonyl (C=O) groups excluding carboxylic acids is 1. The van der Waals surface area contributed by atoms with Gasteiger partial charge in [0.1, 0.15) is 5.60 Å². The van der Waals surface area contributed by atoms with Gasteiger partial charge in [-0.3, -0.25) is 4.79 Å². The van der Waals surface area contributed by atoms with E-state index >= 15 is 0 Å². The Morgan fingerprint density at radius 1 is 1.41 bits per heavy atom. The lowest BCUT2D eigenvalue weighted by atomic mass is 9.99. The first-order valence-electron chi connectivity index (χ1n) is 6.14. The number of esters is 1. The Hall–Kier alpha value is -1.22. The molecule has 1 aliphatic carbocycles. The van der Waals surface area contributed by atoms with Crippen molar-refractivity contribution in [2.75, 3.05) is 6.54 Å². The summed E-state index contributed by atoms with van der Waals surface area (Å²) in [4.78, 5) is 14.7. The van der Waals surface area contributed by atoms with Crippen LogP contribution in [0.15, 0.2) is 5.11 Å². The van der Waals surface area contributed by atoms with Gasteiger partial charge in [0.15, 0.2) is 0 Å². The maximum atomic E-state index is 12.0. The molecule has 1 aliphatic rings. The summed E-state index contributed by atoms with van der Waals surface area (Å²) in [6, 6.07) is 0. The Kier molecular flexibility index (Phi) is 4.40. The highest BCUT2D eigenvalue weighted by molar-refractivity contribution is 5.80. The SMILES string of the molecule is CC(C)(C)OC(=O)C1(CCCCN=[N+]=[N-])CC1. The molecule has 0 aromatic heterocycles. The maximum Gasteiger partial charge on any atom is 0.312 e. The number of azide groups is 1. The van der Waals surface area contributed by atoms with E-state index in [-0.39, 0.29) is 11.4 Å². The number of unbranched alkanes of at least 4 members (excludes halogenated alkanes) is 1. The molecule has 1 saturated carbocycles. The fourth-order valence-corrected chi connectivity index (χ4v) is 1.78. The minimum atomic E-state index is -0.405. The van der Waals surface area contributed by atoms with Gasteiger partial charge in [0.2, 0.25) is 0 Å². The monoisotopic (exact) mass is 239 g/mol. The number of rotatable bonds is 6. The van der Waals surface area contributed by atoms with Crippen LogP contribution in [0.4, 0.5) is 0 Å². The third-order valence-electron chi connectivity index (χ3n) is 2.91. The molecule has 0 unspecified atom stereocenters. The zero-order valence-electron chi connectivity index (χ0n) is 10.9. The zero-order chi connectivity index (χ0) is 12.9. The average Bonchev–Trinajstić information content (AvgIpc) is 2.96. The van der Waals surface area contributed by atoms with Crippen LogP contribution in [0.5, 0.6) is 0 Å². The molecule has 0 aromatic carbocycles. The molecule has 96 valence electrons. The Morgan fingerprint density at radius 3 is 2.53 bits per heavy atom. The molecule has 1 fully saturated rings. The smallest absolute Gasteiger partial charge is 0.312 e. The van der Waals surface area contributed by atoms with Crippen LogP contribution in [-0.2, 0) is 9.53 Å². The van der Waals surface area contributed by atoms with E-state index in [0.29, 0.717) is 6.54 Å². The molecule has 0 N–H and O–H groups in total. The van der Waals surface area contributed by atoms with Crippen molar-refractivity contribution in [2.24, 2.45) is 10.5 Å². The molecule has 0 heterocycles. The van der Waals surface area contributed by atoms with Crippen LogP contribution in [-0.4, -0.2) is 18.1 Å². The molecule has 5 nitrogen and oxygen atoms in total. The van der Waals surface area contributed by atoms with Crippen LogP contribution in [0, 0.1) is 5.41 Å². The topological polar surface area (TPSA) is 75.1 Å². The van der Waals surface area contributed by atoms with Crippen LogP contribution in [0.3, 0.4) is 0 Å². The summed E-state index contributed by atoms with van der Waals surface area (Å²) in [7, 11) is 0. The Balaban J connectivity index is 2.31. The Bertz CT molecular complexity index is 323. The van der Waals surface area contributed by atoms with E-state index in [4.69, 9.17) is 10.3 Å². The minimum Gasteiger partial charge on any atom is -0.460 e. The first kappa shape index (κ1) is 13.8. The Labute approximate surface area is 102 Å². The molecule has 0 bridgehead atoms. The van der Waals surface area contributed by atoms with Gasteiger partial charge in [-0.15, -0.1) is 0 Å². The number of carbonyl (C=O) groups is 1. The zero-order valence-corrected chi connectivity index (χ0v) is 10.9. The van der Waals surface area contributed by atoms with Crippen molar-refractivity contribution in [3.05, 3.63) is 10.4 Å². The van der Waals surface area contributed by atoms with Gasteiger partial charge in [0.05, 0.1) is 5.41 Å². The molecule has 17 heavy (non-hydrogen) atoms. The molecule has 5 heteroatoms. The van der Waals surface area contributed by atoms with Gasteiger partial charge in [0.25, 0.3) is 0 Å². The number of hydrogen-bond acceptors (Lipinski definition) is 3. The molecule has 1 rings (SSSR count). The number of ether oxygens (including phenoxy) is 1. The van der Waals surface area contributed by atoms with E-state index in [1.807, 2.05) is 20.8 Å². The minimum absolute atomic E-state index is 0.0613. The first-order valence-corrected chi connectivity index (χ1v) is 6.14. The van der Waals surface area contributed by atoms with Crippen LogP contribution < -0.4 is 0 Å². The van der Waals surface area contributed by atoms with Crippen molar-refractivity contribution in [3.8, 4) is 0 Å². The third-order valence-corrected chi connectivity index (χ3v) is 2.91. The first-order chi connectivity index (χ1) is 7.90. The number of nitrogens with zero attached hydrogens (tertiary/aromatic N) is 3. The van der Waals surface area contributed by atoms with Gasteiger partial charge in [0, 0.05) is 11.5 Å². The molecular weight excluding hydrogens is 218 g/mol. The van der Waals surface area contributed by atoms with E-state index in [2.05, 4.69) is 10.0 Å². The summed E-state index contributed by atoms with van der Waals surface area (Å²) in [5, 5.41) is 3.48. The van der Waals surface area contributed by atoms with Crippen LogP contribution in [0.1, 0.15) is 52.9 Å². The maximum absolute atomic E-state index is 12.0. The molecule has 0 aromatic rings. The van der Waals surface area contributed by atoms with Crippen LogP contribution in [0.2, 0.25) is 0 Å². The van der Waals surface area contributed by atoms with Gasteiger partial charge in [-0.1, -0.05) is 11.5 Å². The number of hydrogen-bond donors (Lipinski definition) is 0. The van der Waals surface area contributed by atoms with Crippen molar-refractivity contribution in [3.63, 3.8) is 0 Å². The van der Waals surface area contributed by atoms with Crippen LogP contribution >= 0.6 is 0 Å². The van der Waals surface area contributed by atoms with E-state index < -0.39 is 5.60 Å².